The van der Waals surface area contributed by atoms with Crippen molar-refractivity contribution in [3.63, 3.8) is 0 Å². The lowest BCUT2D eigenvalue weighted by Gasteiger charge is -2.32. The third kappa shape index (κ3) is 3.13. The van der Waals surface area contributed by atoms with Crippen LogP contribution in [0.2, 0.25) is 5.02 Å². The molecule has 19 heavy (non-hydrogen) atoms. The number of halogens is 1. The number of nitrogens with one attached hydrogen (secondary N) is 1. The molecule has 1 fully saturated rings. The highest BCUT2D eigenvalue weighted by molar-refractivity contribution is 6.33. The number of morpholine rings is 1. The Labute approximate surface area is 115 Å². The van der Waals surface area contributed by atoms with Crippen molar-refractivity contribution in [1.82, 2.24) is 9.88 Å². The van der Waals surface area contributed by atoms with Gasteiger partial charge in [-0.25, -0.2) is 10.8 Å². The first-order chi connectivity index (χ1) is 9.15. The molecule has 1 saturated heterocycles. The molecule has 2 heterocycles. The molecule has 1 aliphatic heterocycles. The summed E-state index contributed by atoms with van der Waals surface area (Å²) in [4.78, 5) is 17.8. The van der Waals surface area contributed by atoms with Crippen LogP contribution in [0.3, 0.4) is 0 Å². The lowest BCUT2D eigenvalue weighted by molar-refractivity contribution is -0.0447. The standard InChI is InChI=1S/C11H15ClN4O3/c12-9-3-7(4-14-10(9)15-13)11(18)16-1-2-19-8(5-16)6-17/h3-4,8,17H,1-2,5-6,13H2,(H,14,15). The van der Waals surface area contributed by atoms with Gasteiger partial charge in [-0.2, -0.15) is 0 Å². The van der Waals surface area contributed by atoms with Crippen LogP contribution in [0.1, 0.15) is 10.4 Å². The molecule has 0 aliphatic carbocycles. The number of nitrogens with two attached hydrogens (primary N) is 1. The SMILES string of the molecule is NNc1ncc(C(=O)N2CCOC(CO)C2)cc1Cl. The molecule has 0 spiro atoms. The summed E-state index contributed by atoms with van der Waals surface area (Å²) in [6.45, 7) is 1.12. The first-order valence-corrected chi connectivity index (χ1v) is 6.17. The minimum Gasteiger partial charge on any atom is -0.394 e. The average molecular weight is 287 g/mol. The summed E-state index contributed by atoms with van der Waals surface area (Å²) in [6.07, 6.45) is 1.07. The summed E-state index contributed by atoms with van der Waals surface area (Å²) >= 11 is 5.93. The van der Waals surface area contributed by atoms with Gasteiger partial charge < -0.3 is 20.2 Å². The van der Waals surface area contributed by atoms with Crippen LogP contribution < -0.4 is 11.3 Å². The normalized spacial score (nSPS) is 19.3. The van der Waals surface area contributed by atoms with E-state index in [0.717, 1.165) is 0 Å². The minimum atomic E-state index is -0.342. The molecule has 0 aromatic carbocycles. The van der Waals surface area contributed by atoms with E-state index in [-0.39, 0.29) is 23.6 Å². The molecule has 0 radical (unpaired) electrons. The van der Waals surface area contributed by atoms with Crippen molar-refractivity contribution in [3.05, 3.63) is 22.8 Å². The number of aromatic nitrogens is 1. The van der Waals surface area contributed by atoms with Crippen molar-refractivity contribution < 1.29 is 14.6 Å². The largest absolute Gasteiger partial charge is 0.394 e. The summed E-state index contributed by atoms with van der Waals surface area (Å²) < 4.78 is 5.29. The lowest BCUT2D eigenvalue weighted by Crippen LogP contribution is -2.46. The van der Waals surface area contributed by atoms with Gasteiger partial charge in [0.2, 0.25) is 0 Å². The number of hydrogen-bond donors (Lipinski definition) is 3. The number of ether oxygens (including phenoxy) is 1. The van der Waals surface area contributed by atoms with Crippen LogP contribution in [0, 0.1) is 0 Å². The smallest absolute Gasteiger partial charge is 0.255 e. The van der Waals surface area contributed by atoms with E-state index in [1.165, 1.54) is 12.3 Å². The number of rotatable bonds is 3. The first kappa shape index (κ1) is 14.0. The molecule has 1 atom stereocenters. The van der Waals surface area contributed by atoms with E-state index < -0.39 is 0 Å². The van der Waals surface area contributed by atoms with Crippen molar-refractivity contribution in [2.24, 2.45) is 5.84 Å². The molecule has 1 aromatic rings. The summed E-state index contributed by atoms with van der Waals surface area (Å²) in [5.74, 6) is 5.34. The second kappa shape index (κ2) is 6.16. The molecule has 1 amide bonds. The Bertz CT molecular complexity index is 471. The Morgan fingerprint density at radius 3 is 3.16 bits per heavy atom. The fraction of sp³-hybridized carbons (Fsp3) is 0.455. The van der Waals surface area contributed by atoms with Crippen LogP contribution in [-0.2, 0) is 4.74 Å². The number of hydrogen-bond acceptors (Lipinski definition) is 6. The van der Waals surface area contributed by atoms with Crippen LogP contribution in [0.4, 0.5) is 5.82 Å². The van der Waals surface area contributed by atoms with Gasteiger partial charge in [-0.3, -0.25) is 4.79 Å². The lowest BCUT2D eigenvalue weighted by atomic mass is 10.2. The Morgan fingerprint density at radius 2 is 2.53 bits per heavy atom. The maximum Gasteiger partial charge on any atom is 0.255 e. The maximum atomic E-state index is 12.3. The average Bonchev–Trinajstić information content (AvgIpc) is 2.46. The van der Waals surface area contributed by atoms with Crippen molar-refractivity contribution >= 4 is 23.3 Å². The first-order valence-electron chi connectivity index (χ1n) is 5.79. The van der Waals surface area contributed by atoms with Gasteiger partial charge in [-0.05, 0) is 6.07 Å². The van der Waals surface area contributed by atoms with Gasteiger partial charge in [-0.15, -0.1) is 0 Å². The molecular weight excluding hydrogens is 272 g/mol. The van der Waals surface area contributed by atoms with Crippen molar-refractivity contribution in [2.75, 3.05) is 31.7 Å². The van der Waals surface area contributed by atoms with Gasteiger partial charge in [0.15, 0.2) is 5.82 Å². The Hall–Kier alpha value is -1.41. The summed E-state index contributed by atoms with van der Waals surface area (Å²) in [5, 5.41) is 9.33. The zero-order valence-corrected chi connectivity index (χ0v) is 10.9. The number of pyridine rings is 1. The number of amides is 1. The molecule has 2 rings (SSSR count). The minimum absolute atomic E-state index is 0.112. The van der Waals surface area contributed by atoms with E-state index in [9.17, 15) is 4.79 Å². The van der Waals surface area contributed by atoms with Gasteiger partial charge in [-0.1, -0.05) is 11.6 Å². The zero-order chi connectivity index (χ0) is 13.8. The van der Waals surface area contributed by atoms with Crippen LogP contribution in [-0.4, -0.2) is 53.3 Å². The highest BCUT2D eigenvalue weighted by Gasteiger charge is 2.25. The third-order valence-electron chi connectivity index (χ3n) is 2.85. The van der Waals surface area contributed by atoms with Crippen LogP contribution >= 0.6 is 11.6 Å². The number of anilines is 1. The number of carbonyl (C=O) groups excluding carboxylic acids is 1. The predicted octanol–water partition coefficient (Wildman–Crippen LogP) is -0.146. The number of nitrogens with zero attached hydrogens (tertiary/aromatic N) is 2. The predicted molar refractivity (Wildman–Crippen MR) is 69.8 cm³/mol. The van der Waals surface area contributed by atoms with Gasteiger partial charge in [0, 0.05) is 19.3 Å². The van der Waals surface area contributed by atoms with Gasteiger partial charge in [0.25, 0.3) is 5.91 Å². The molecule has 7 nitrogen and oxygen atoms in total. The van der Waals surface area contributed by atoms with E-state index in [1.807, 2.05) is 0 Å². The Balaban J connectivity index is 2.12. The summed E-state index contributed by atoms with van der Waals surface area (Å²) in [7, 11) is 0. The molecule has 1 unspecified atom stereocenters. The molecule has 1 aromatic heterocycles. The Morgan fingerprint density at radius 1 is 1.74 bits per heavy atom. The van der Waals surface area contributed by atoms with E-state index in [1.54, 1.807) is 4.90 Å². The highest BCUT2D eigenvalue weighted by Crippen LogP contribution is 2.20. The number of hydrazine groups is 1. The monoisotopic (exact) mass is 286 g/mol. The molecular formula is C11H15ClN4O3. The number of carbonyl (C=O) groups is 1. The third-order valence-corrected chi connectivity index (χ3v) is 3.14. The van der Waals surface area contributed by atoms with Crippen LogP contribution in [0.15, 0.2) is 12.3 Å². The highest BCUT2D eigenvalue weighted by atomic mass is 35.5. The van der Waals surface area contributed by atoms with Gasteiger partial charge in [0.05, 0.1) is 29.9 Å². The van der Waals surface area contributed by atoms with E-state index in [0.29, 0.717) is 31.1 Å². The maximum absolute atomic E-state index is 12.3. The van der Waals surface area contributed by atoms with E-state index >= 15 is 0 Å². The number of nitrogen functional groups attached to an aromatic ring is 1. The molecule has 0 saturated carbocycles. The van der Waals surface area contributed by atoms with Gasteiger partial charge >= 0.3 is 0 Å². The summed E-state index contributed by atoms with van der Waals surface area (Å²) in [6, 6.07) is 1.51. The van der Waals surface area contributed by atoms with E-state index in [4.69, 9.17) is 27.3 Å². The second-order valence-corrected chi connectivity index (χ2v) is 4.53. The van der Waals surface area contributed by atoms with Crippen LogP contribution in [0.5, 0.6) is 0 Å². The molecule has 0 bridgehead atoms. The zero-order valence-electron chi connectivity index (χ0n) is 10.2. The molecule has 4 N–H and O–H groups in total. The number of aliphatic hydroxyl groups is 1. The van der Waals surface area contributed by atoms with Gasteiger partial charge in [0.1, 0.15) is 0 Å². The van der Waals surface area contributed by atoms with Crippen LogP contribution in [0.25, 0.3) is 0 Å². The quantitative estimate of drug-likeness (QED) is 0.528. The Kier molecular flexibility index (Phi) is 4.54. The molecule has 104 valence electrons. The topological polar surface area (TPSA) is 101 Å². The van der Waals surface area contributed by atoms with Crippen molar-refractivity contribution in [2.45, 2.75) is 6.10 Å². The van der Waals surface area contributed by atoms with E-state index in [2.05, 4.69) is 10.4 Å². The molecule has 8 heteroatoms. The molecule has 1 aliphatic rings. The fourth-order valence-electron chi connectivity index (χ4n) is 1.86. The van der Waals surface area contributed by atoms with Crippen molar-refractivity contribution in [1.29, 1.82) is 0 Å². The number of aliphatic hydroxyl groups excluding tert-OH is 1. The summed E-state index contributed by atoms with van der Waals surface area (Å²) in [5.41, 5.74) is 2.71. The fourth-order valence-corrected chi connectivity index (χ4v) is 2.08. The van der Waals surface area contributed by atoms with Crippen molar-refractivity contribution in [3.8, 4) is 0 Å². The second-order valence-electron chi connectivity index (χ2n) is 4.13.